The monoisotopic (exact) mass is 332 g/mol. The number of carbonyl (C=O) groups is 2. The number of amides is 2. The van der Waals surface area contributed by atoms with E-state index >= 15 is 0 Å². The molecule has 1 atom stereocenters. The summed E-state index contributed by atoms with van der Waals surface area (Å²) in [5, 5.41) is 2.96. The topological polar surface area (TPSA) is 49.4 Å². The number of nitrogens with zero attached hydrogens (tertiary/aromatic N) is 1. The van der Waals surface area contributed by atoms with Crippen LogP contribution in [0.3, 0.4) is 0 Å². The van der Waals surface area contributed by atoms with Crippen LogP contribution in [-0.2, 0) is 4.79 Å². The van der Waals surface area contributed by atoms with Gasteiger partial charge in [0.15, 0.2) is 0 Å². The second kappa shape index (κ2) is 6.20. The summed E-state index contributed by atoms with van der Waals surface area (Å²) < 4.78 is 0.753. The van der Waals surface area contributed by atoms with Gasteiger partial charge in [0.1, 0.15) is 6.04 Å². The van der Waals surface area contributed by atoms with E-state index in [0.29, 0.717) is 10.6 Å². The van der Waals surface area contributed by atoms with Gasteiger partial charge < -0.3 is 10.2 Å². The largest absolute Gasteiger partial charge is 0.347 e. The molecule has 0 saturated carbocycles. The number of benzene rings is 1. The molecule has 0 spiro atoms. The van der Waals surface area contributed by atoms with Gasteiger partial charge in [-0.05, 0) is 25.1 Å². The van der Waals surface area contributed by atoms with E-state index in [4.69, 9.17) is 11.6 Å². The van der Waals surface area contributed by atoms with Crippen LogP contribution < -0.4 is 5.32 Å². The van der Waals surface area contributed by atoms with Crippen LogP contribution in [0.2, 0.25) is 5.02 Å². The molecule has 0 aliphatic heterocycles. The van der Waals surface area contributed by atoms with Crippen molar-refractivity contribution in [2.45, 2.75) is 13.0 Å². The van der Waals surface area contributed by atoms with Crippen LogP contribution in [-0.4, -0.2) is 36.9 Å². The van der Waals surface area contributed by atoms with Crippen molar-refractivity contribution >= 4 is 39.3 Å². The van der Waals surface area contributed by atoms with Gasteiger partial charge >= 0.3 is 0 Å². The van der Waals surface area contributed by atoms with Crippen LogP contribution in [0.15, 0.2) is 22.7 Å². The van der Waals surface area contributed by atoms with Gasteiger partial charge in [0, 0.05) is 18.6 Å². The van der Waals surface area contributed by atoms with Crippen molar-refractivity contribution in [3.8, 4) is 0 Å². The van der Waals surface area contributed by atoms with Crippen LogP contribution in [0.1, 0.15) is 17.3 Å². The van der Waals surface area contributed by atoms with Crippen molar-refractivity contribution in [1.82, 2.24) is 10.2 Å². The van der Waals surface area contributed by atoms with Crippen molar-refractivity contribution < 1.29 is 9.59 Å². The molecule has 1 aromatic rings. The molecule has 0 aromatic heterocycles. The van der Waals surface area contributed by atoms with Crippen LogP contribution >= 0.6 is 27.5 Å². The summed E-state index contributed by atoms with van der Waals surface area (Å²) in [6.45, 7) is 1.63. The lowest BCUT2D eigenvalue weighted by atomic mass is 10.2. The molecule has 1 unspecified atom stereocenters. The first-order valence-corrected chi connectivity index (χ1v) is 6.47. The first-order valence-electron chi connectivity index (χ1n) is 5.30. The first-order chi connectivity index (χ1) is 8.32. The molecular formula is C12H14BrClN2O2. The molecule has 0 aliphatic carbocycles. The quantitative estimate of drug-likeness (QED) is 0.923. The minimum absolute atomic E-state index is 0.172. The van der Waals surface area contributed by atoms with Gasteiger partial charge in [0.05, 0.1) is 10.6 Å². The average molecular weight is 334 g/mol. The molecular weight excluding hydrogens is 320 g/mol. The van der Waals surface area contributed by atoms with E-state index in [1.807, 2.05) is 0 Å². The molecule has 0 saturated heterocycles. The first kappa shape index (κ1) is 15.0. The van der Waals surface area contributed by atoms with E-state index in [1.54, 1.807) is 39.2 Å². The third-order valence-corrected chi connectivity index (χ3v) is 3.15. The molecule has 6 heteroatoms. The van der Waals surface area contributed by atoms with E-state index in [0.717, 1.165) is 4.47 Å². The average Bonchev–Trinajstić information content (AvgIpc) is 2.30. The van der Waals surface area contributed by atoms with Crippen LogP contribution in [0.5, 0.6) is 0 Å². The van der Waals surface area contributed by atoms with Gasteiger partial charge in [-0.2, -0.15) is 0 Å². The summed E-state index contributed by atoms with van der Waals surface area (Å²) >= 11 is 9.21. The standard InChI is InChI=1S/C12H14BrClN2O2/c1-7(12(18)16(2)3)15-11(17)9-6-8(13)4-5-10(9)14/h4-7H,1-3H3,(H,15,17). The zero-order valence-corrected chi connectivity index (χ0v) is 12.7. The Morgan fingerprint density at radius 3 is 2.56 bits per heavy atom. The number of halogens is 2. The van der Waals surface area contributed by atoms with Gasteiger partial charge in [0.2, 0.25) is 5.91 Å². The Bertz CT molecular complexity index is 477. The van der Waals surface area contributed by atoms with Gasteiger partial charge in [-0.15, -0.1) is 0 Å². The highest BCUT2D eigenvalue weighted by Crippen LogP contribution is 2.20. The van der Waals surface area contributed by atoms with Gasteiger partial charge in [0.25, 0.3) is 5.91 Å². The van der Waals surface area contributed by atoms with Crippen LogP contribution in [0, 0.1) is 0 Å². The number of nitrogens with one attached hydrogen (secondary N) is 1. The van der Waals surface area contributed by atoms with Crippen molar-refractivity contribution in [2.24, 2.45) is 0 Å². The summed E-state index contributed by atoms with van der Waals surface area (Å²) in [6.07, 6.45) is 0. The Morgan fingerprint density at radius 1 is 1.39 bits per heavy atom. The van der Waals surface area contributed by atoms with E-state index in [2.05, 4.69) is 21.2 Å². The third kappa shape index (κ3) is 3.71. The Balaban J connectivity index is 2.83. The lowest BCUT2D eigenvalue weighted by Gasteiger charge is -2.18. The number of hydrogen-bond acceptors (Lipinski definition) is 2. The van der Waals surface area contributed by atoms with E-state index in [9.17, 15) is 9.59 Å². The maximum absolute atomic E-state index is 12.0. The molecule has 4 nitrogen and oxygen atoms in total. The van der Waals surface area contributed by atoms with E-state index in [-0.39, 0.29) is 11.8 Å². The highest BCUT2D eigenvalue weighted by molar-refractivity contribution is 9.10. The minimum atomic E-state index is -0.595. The summed E-state index contributed by atoms with van der Waals surface area (Å²) in [6, 6.07) is 4.39. The van der Waals surface area contributed by atoms with Crippen LogP contribution in [0.4, 0.5) is 0 Å². The zero-order valence-electron chi connectivity index (χ0n) is 10.3. The molecule has 0 heterocycles. The Kier molecular flexibility index (Phi) is 5.16. The van der Waals surface area contributed by atoms with Crippen molar-refractivity contribution in [1.29, 1.82) is 0 Å². The molecule has 0 bridgehead atoms. The highest BCUT2D eigenvalue weighted by atomic mass is 79.9. The molecule has 0 radical (unpaired) electrons. The number of carbonyl (C=O) groups excluding carboxylic acids is 2. The zero-order chi connectivity index (χ0) is 13.9. The number of likely N-dealkylation sites (N-methyl/N-ethyl adjacent to an activating group) is 1. The summed E-state index contributed by atoms with van der Waals surface area (Å²) in [4.78, 5) is 25.0. The fourth-order valence-electron chi connectivity index (χ4n) is 1.39. The van der Waals surface area contributed by atoms with E-state index < -0.39 is 6.04 Å². The molecule has 2 amide bonds. The summed E-state index contributed by atoms with van der Waals surface area (Å²) in [7, 11) is 3.27. The highest BCUT2D eigenvalue weighted by Gasteiger charge is 2.19. The fraction of sp³-hybridized carbons (Fsp3) is 0.333. The molecule has 0 fully saturated rings. The van der Waals surface area contributed by atoms with Crippen molar-refractivity contribution in [2.75, 3.05) is 14.1 Å². The molecule has 18 heavy (non-hydrogen) atoms. The smallest absolute Gasteiger partial charge is 0.253 e. The molecule has 1 rings (SSSR count). The van der Waals surface area contributed by atoms with Crippen molar-refractivity contribution in [3.05, 3.63) is 33.3 Å². The van der Waals surface area contributed by atoms with E-state index in [1.165, 1.54) is 4.90 Å². The lowest BCUT2D eigenvalue weighted by molar-refractivity contribution is -0.130. The second-order valence-electron chi connectivity index (χ2n) is 4.05. The Hall–Kier alpha value is -1.07. The van der Waals surface area contributed by atoms with Gasteiger partial charge in [-0.1, -0.05) is 27.5 Å². The molecule has 0 aliphatic rings. The van der Waals surface area contributed by atoms with Gasteiger partial charge in [-0.25, -0.2) is 0 Å². The predicted octanol–water partition coefficient (Wildman–Crippen LogP) is 2.31. The van der Waals surface area contributed by atoms with Gasteiger partial charge in [-0.3, -0.25) is 9.59 Å². The summed E-state index contributed by atoms with van der Waals surface area (Å²) in [5.41, 5.74) is 0.337. The SMILES string of the molecule is CC(NC(=O)c1cc(Br)ccc1Cl)C(=O)N(C)C. The number of rotatable bonds is 3. The lowest BCUT2D eigenvalue weighted by Crippen LogP contribution is -2.44. The van der Waals surface area contributed by atoms with Crippen LogP contribution in [0.25, 0.3) is 0 Å². The second-order valence-corrected chi connectivity index (χ2v) is 5.37. The molecule has 1 aromatic carbocycles. The minimum Gasteiger partial charge on any atom is -0.347 e. The fourth-order valence-corrected chi connectivity index (χ4v) is 1.96. The molecule has 98 valence electrons. The Morgan fingerprint density at radius 2 is 2.00 bits per heavy atom. The van der Waals surface area contributed by atoms with Crippen molar-refractivity contribution in [3.63, 3.8) is 0 Å². The Labute approximate surface area is 119 Å². The normalized spacial score (nSPS) is 11.8. The number of hydrogen-bond donors (Lipinski definition) is 1. The third-order valence-electron chi connectivity index (χ3n) is 2.33. The maximum atomic E-state index is 12.0. The maximum Gasteiger partial charge on any atom is 0.253 e. The molecule has 1 N–H and O–H groups in total. The summed E-state index contributed by atoms with van der Waals surface area (Å²) in [5.74, 6) is -0.543. The predicted molar refractivity (Wildman–Crippen MR) is 74.8 cm³/mol.